The maximum atomic E-state index is 12.7. The van der Waals surface area contributed by atoms with E-state index >= 15 is 0 Å². The van der Waals surface area contributed by atoms with E-state index in [9.17, 15) is 9.59 Å². The van der Waals surface area contributed by atoms with Crippen LogP contribution in [0.2, 0.25) is 0 Å². The van der Waals surface area contributed by atoms with Crippen LogP contribution in [-0.4, -0.2) is 43.0 Å². The van der Waals surface area contributed by atoms with E-state index in [1.807, 2.05) is 53.4 Å². The highest BCUT2D eigenvalue weighted by molar-refractivity contribution is 5.94. The summed E-state index contributed by atoms with van der Waals surface area (Å²) < 4.78 is 5.14. The Hall–Kier alpha value is -2.82. The zero-order valence-corrected chi connectivity index (χ0v) is 17.5. The summed E-state index contributed by atoms with van der Waals surface area (Å²) >= 11 is 0. The molecular formula is C24H30N2O3. The quantitative estimate of drug-likeness (QED) is 0.811. The number of piperidine rings is 1. The Morgan fingerprint density at radius 3 is 2.21 bits per heavy atom. The van der Waals surface area contributed by atoms with Crippen LogP contribution in [0.1, 0.15) is 54.1 Å². The van der Waals surface area contributed by atoms with Gasteiger partial charge in [-0.25, -0.2) is 0 Å². The van der Waals surface area contributed by atoms with E-state index in [0.29, 0.717) is 25.4 Å². The van der Waals surface area contributed by atoms with Crippen molar-refractivity contribution >= 4 is 11.8 Å². The summed E-state index contributed by atoms with van der Waals surface area (Å²) in [4.78, 5) is 27.0. The molecule has 29 heavy (non-hydrogen) atoms. The Kier molecular flexibility index (Phi) is 6.91. The lowest BCUT2D eigenvalue weighted by molar-refractivity contribution is -0.121. The lowest BCUT2D eigenvalue weighted by Gasteiger charge is -2.32. The average molecular weight is 395 g/mol. The molecule has 0 bridgehead atoms. The third kappa shape index (κ3) is 5.59. The molecule has 1 fully saturated rings. The van der Waals surface area contributed by atoms with Gasteiger partial charge in [0.05, 0.1) is 13.5 Å². The first-order chi connectivity index (χ1) is 14.0. The van der Waals surface area contributed by atoms with Crippen LogP contribution in [0.15, 0.2) is 48.5 Å². The molecule has 154 valence electrons. The van der Waals surface area contributed by atoms with Crippen LogP contribution < -0.4 is 10.1 Å². The Bertz CT molecular complexity index is 820. The smallest absolute Gasteiger partial charge is 0.253 e. The third-order valence-corrected chi connectivity index (χ3v) is 5.50. The van der Waals surface area contributed by atoms with Crippen molar-refractivity contribution in [3.8, 4) is 5.75 Å². The molecule has 3 rings (SSSR count). The van der Waals surface area contributed by atoms with Crippen LogP contribution in [0, 0.1) is 0 Å². The monoisotopic (exact) mass is 394 g/mol. The molecule has 5 nitrogen and oxygen atoms in total. The Morgan fingerprint density at radius 2 is 1.66 bits per heavy atom. The minimum Gasteiger partial charge on any atom is -0.497 e. The number of ether oxygens (including phenoxy) is 1. The topological polar surface area (TPSA) is 58.6 Å². The van der Waals surface area contributed by atoms with Crippen LogP contribution in [0.25, 0.3) is 0 Å². The van der Waals surface area contributed by atoms with Crippen molar-refractivity contribution in [3.05, 3.63) is 65.2 Å². The second-order valence-electron chi connectivity index (χ2n) is 7.94. The molecule has 1 heterocycles. The maximum absolute atomic E-state index is 12.7. The van der Waals surface area contributed by atoms with Crippen molar-refractivity contribution in [3.63, 3.8) is 0 Å². The summed E-state index contributed by atoms with van der Waals surface area (Å²) in [6, 6.07) is 15.6. The van der Waals surface area contributed by atoms with Gasteiger partial charge in [0.2, 0.25) is 5.91 Å². The van der Waals surface area contributed by atoms with Crippen molar-refractivity contribution in [2.75, 3.05) is 20.2 Å². The van der Waals surface area contributed by atoms with Crippen molar-refractivity contribution in [1.82, 2.24) is 10.2 Å². The predicted molar refractivity (Wildman–Crippen MR) is 114 cm³/mol. The summed E-state index contributed by atoms with van der Waals surface area (Å²) in [5.41, 5.74) is 2.93. The number of amides is 2. The largest absolute Gasteiger partial charge is 0.497 e. The summed E-state index contributed by atoms with van der Waals surface area (Å²) in [6.07, 6.45) is 1.92. The van der Waals surface area contributed by atoms with E-state index in [1.165, 1.54) is 5.56 Å². The minimum absolute atomic E-state index is 0.0178. The highest BCUT2D eigenvalue weighted by Gasteiger charge is 2.24. The molecule has 1 aliphatic heterocycles. The van der Waals surface area contributed by atoms with Gasteiger partial charge < -0.3 is 15.0 Å². The minimum atomic E-state index is 0.0178. The number of carbonyl (C=O) groups is 2. The molecule has 0 radical (unpaired) electrons. The van der Waals surface area contributed by atoms with Gasteiger partial charge in [-0.1, -0.05) is 38.1 Å². The Morgan fingerprint density at radius 1 is 1.03 bits per heavy atom. The van der Waals surface area contributed by atoms with E-state index in [2.05, 4.69) is 19.2 Å². The summed E-state index contributed by atoms with van der Waals surface area (Å²) in [5.74, 6) is 1.33. The number of rotatable bonds is 6. The van der Waals surface area contributed by atoms with Gasteiger partial charge in [0.25, 0.3) is 5.91 Å². The second-order valence-corrected chi connectivity index (χ2v) is 7.94. The second kappa shape index (κ2) is 9.59. The van der Waals surface area contributed by atoms with E-state index in [0.717, 1.165) is 29.7 Å². The first-order valence-corrected chi connectivity index (χ1v) is 10.3. The summed E-state index contributed by atoms with van der Waals surface area (Å²) in [7, 11) is 1.62. The Labute approximate surface area is 173 Å². The molecule has 1 N–H and O–H groups in total. The number of nitrogens with zero attached hydrogens (tertiary/aromatic N) is 1. The van der Waals surface area contributed by atoms with Crippen molar-refractivity contribution < 1.29 is 14.3 Å². The number of methoxy groups -OCH3 is 1. The van der Waals surface area contributed by atoms with Crippen LogP contribution in [0.4, 0.5) is 0 Å². The molecule has 0 aliphatic carbocycles. The normalized spacial score (nSPS) is 14.7. The predicted octanol–water partition coefficient (Wildman–Crippen LogP) is 3.78. The fourth-order valence-corrected chi connectivity index (χ4v) is 3.63. The van der Waals surface area contributed by atoms with Gasteiger partial charge in [0, 0.05) is 24.7 Å². The molecule has 0 atom stereocenters. The van der Waals surface area contributed by atoms with Crippen LogP contribution in [0.5, 0.6) is 5.75 Å². The van der Waals surface area contributed by atoms with Crippen molar-refractivity contribution in [1.29, 1.82) is 0 Å². The molecule has 1 saturated heterocycles. The van der Waals surface area contributed by atoms with Gasteiger partial charge in [-0.3, -0.25) is 9.59 Å². The van der Waals surface area contributed by atoms with Crippen molar-refractivity contribution in [2.24, 2.45) is 0 Å². The lowest BCUT2D eigenvalue weighted by atomic mass is 10.00. The molecule has 2 amide bonds. The van der Waals surface area contributed by atoms with Crippen LogP contribution >= 0.6 is 0 Å². The van der Waals surface area contributed by atoms with Gasteiger partial charge in [-0.15, -0.1) is 0 Å². The first kappa shape index (κ1) is 20.9. The number of hydrogen-bond donors (Lipinski definition) is 1. The molecule has 2 aromatic carbocycles. The molecule has 0 spiro atoms. The average Bonchev–Trinajstić information content (AvgIpc) is 2.74. The van der Waals surface area contributed by atoms with Gasteiger partial charge in [0.1, 0.15) is 5.75 Å². The molecule has 0 unspecified atom stereocenters. The third-order valence-electron chi connectivity index (χ3n) is 5.50. The number of nitrogens with one attached hydrogen (secondary N) is 1. The van der Waals surface area contributed by atoms with Gasteiger partial charge >= 0.3 is 0 Å². The van der Waals surface area contributed by atoms with E-state index in [4.69, 9.17) is 4.74 Å². The zero-order chi connectivity index (χ0) is 20.8. The SMILES string of the molecule is COc1ccc(CC(=O)NC2CCN(C(=O)c3ccc(C(C)C)cc3)CC2)cc1. The van der Waals surface area contributed by atoms with E-state index in [-0.39, 0.29) is 17.9 Å². The number of carbonyl (C=O) groups excluding carboxylic acids is 2. The van der Waals surface area contributed by atoms with Gasteiger partial charge in [-0.2, -0.15) is 0 Å². The number of hydrogen-bond acceptors (Lipinski definition) is 3. The summed E-state index contributed by atoms with van der Waals surface area (Å²) in [6.45, 7) is 5.62. The molecule has 2 aromatic rings. The number of benzene rings is 2. The zero-order valence-electron chi connectivity index (χ0n) is 17.5. The molecule has 5 heteroatoms. The molecule has 0 aromatic heterocycles. The van der Waals surface area contributed by atoms with Crippen LogP contribution in [0.3, 0.4) is 0 Å². The molecule has 1 aliphatic rings. The highest BCUT2D eigenvalue weighted by atomic mass is 16.5. The molecule has 0 saturated carbocycles. The fraction of sp³-hybridized carbons (Fsp3) is 0.417. The first-order valence-electron chi connectivity index (χ1n) is 10.3. The van der Waals surface area contributed by atoms with E-state index in [1.54, 1.807) is 7.11 Å². The highest BCUT2D eigenvalue weighted by Crippen LogP contribution is 2.18. The van der Waals surface area contributed by atoms with Gasteiger partial charge in [0.15, 0.2) is 0 Å². The lowest BCUT2D eigenvalue weighted by Crippen LogP contribution is -2.46. The van der Waals surface area contributed by atoms with E-state index < -0.39 is 0 Å². The van der Waals surface area contributed by atoms with Crippen LogP contribution in [-0.2, 0) is 11.2 Å². The standard InChI is InChI=1S/C24H30N2O3/c1-17(2)19-6-8-20(9-7-19)24(28)26-14-12-21(13-15-26)25-23(27)16-18-4-10-22(29-3)11-5-18/h4-11,17,21H,12-16H2,1-3H3,(H,25,27). The number of likely N-dealkylation sites (tertiary alicyclic amines) is 1. The molecular weight excluding hydrogens is 364 g/mol. The maximum Gasteiger partial charge on any atom is 0.253 e. The summed E-state index contributed by atoms with van der Waals surface area (Å²) in [5, 5.41) is 3.11. The van der Waals surface area contributed by atoms with Crippen molar-refractivity contribution in [2.45, 2.75) is 45.1 Å². The Balaban J connectivity index is 1.46. The fourth-order valence-electron chi connectivity index (χ4n) is 3.63. The van der Waals surface area contributed by atoms with Gasteiger partial charge in [-0.05, 0) is 54.2 Å².